The highest BCUT2D eigenvalue weighted by Crippen LogP contribution is 2.37. The summed E-state index contributed by atoms with van der Waals surface area (Å²) in [7, 11) is 0. The van der Waals surface area contributed by atoms with Crippen molar-refractivity contribution in [2.75, 3.05) is 13.1 Å². The second kappa shape index (κ2) is 6.61. The van der Waals surface area contributed by atoms with Crippen molar-refractivity contribution >= 4 is 5.91 Å². The first-order valence-electron chi connectivity index (χ1n) is 8.34. The van der Waals surface area contributed by atoms with Crippen molar-refractivity contribution in [2.24, 2.45) is 11.7 Å². The standard InChI is InChI=1S/C18H26N2O/c19-18(21)15-10-12-20(13-11-15)17-9-5-4-8-16(17)14-6-2-1-3-7-14/h1-3,6-7,15-17H,4-5,8-13H2,(H2,19,21). The third kappa shape index (κ3) is 3.29. The van der Waals surface area contributed by atoms with Gasteiger partial charge in [-0.15, -0.1) is 0 Å². The summed E-state index contributed by atoms with van der Waals surface area (Å²) in [4.78, 5) is 13.9. The molecule has 0 aromatic heterocycles. The zero-order chi connectivity index (χ0) is 14.7. The molecule has 0 bridgehead atoms. The molecule has 1 heterocycles. The first-order chi connectivity index (χ1) is 10.3. The molecule has 1 aliphatic carbocycles. The Balaban J connectivity index is 1.69. The Bertz CT molecular complexity index is 465. The number of carbonyl (C=O) groups excluding carboxylic acids is 1. The van der Waals surface area contributed by atoms with Crippen LogP contribution in [0.1, 0.15) is 50.0 Å². The van der Waals surface area contributed by atoms with Crippen molar-refractivity contribution in [3.63, 3.8) is 0 Å². The van der Waals surface area contributed by atoms with E-state index in [4.69, 9.17) is 5.73 Å². The molecule has 3 rings (SSSR count). The van der Waals surface area contributed by atoms with Crippen molar-refractivity contribution in [3.05, 3.63) is 35.9 Å². The number of benzene rings is 1. The van der Waals surface area contributed by atoms with Gasteiger partial charge in [-0.2, -0.15) is 0 Å². The van der Waals surface area contributed by atoms with Crippen molar-refractivity contribution in [1.29, 1.82) is 0 Å². The normalized spacial score (nSPS) is 28.4. The van der Waals surface area contributed by atoms with Gasteiger partial charge in [0.05, 0.1) is 0 Å². The Morgan fingerprint density at radius 2 is 1.67 bits per heavy atom. The lowest BCUT2D eigenvalue weighted by atomic mass is 9.78. The van der Waals surface area contributed by atoms with Crippen molar-refractivity contribution in [1.82, 2.24) is 4.90 Å². The SMILES string of the molecule is NC(=O)C1CCN(C2CCCCC2c2ccccc2)CC1. The Labute approximate surface area is 127 Å². The van der Waals surface area contributed by atoms with Crippen LogP contribution in [0, 0.1) is 5.92 Å². The number of nitrogens with two attached hydrogens (primary N) is 1. The van der Waals surface area contributed by atoms with Gasteiger partial charge in [0.1, 0.15) is 0 Å². The third-order valence-electron chi connectivity index (χ3n) is 5.36. The Morgan fingerprint density at radius 3 is 2.33 bits per heavy atom. The van der Waals surface area contributed by atoms with Crippen LogP contribution in [0.5, 0.6) is 0 Å². The van der Waals surface area contributed by atoms with Gasteiger partial charge in [0, 0.05) is 12.0 Å². The number of nitrogens with zero attached hydrogens (tertiary/aromatic N) is 1. The minimum absolute atomic E-state index is 0.0972. The highest BCUT2D eigenvalue weighted by molar-refractivity contribution is 5.76. The summed E-state index contributed by atoms with van der Waals surface area (Å²) >= 11 is 0. The first kappa shape index (κ1) is 14.6. The predicted octanol–water partition coefficient (Wildman–Crippen LogP) is 2.91. The molecule has 2 unspecified atom stereocenters. The molecule has 3 heteroatoms. The molecule has 1 saturated heterocycles. The van der Waals surface area contributed by atoms with Gasteiger partial charge >= 0.3 is 0 Å². The molecule has 2 N–H and O–H groups in total. The summed E-state index contributed by atoms with van der Waals surface area (Å²) in [5.74, 6) is 0.642. The largest absolute Gasteiger partial charge is 0.369 e. The molecule has 1 aliphatic heterocycles. The van der Waals surface area contributed by atoms with E-state index in [0.29, 0.717) is 12.0 Å². The molecule has 1 aromatic rings. The Morgan fingerprint density at radius 1 is 1.00 bits per heavy atom. The molecule has 114 valence electrons. The quantitative estimate of drug-likeness (QED) is 0.928. The summed E-state index contributed by atoms with van der Waals surface area (Å²) in [6.45, 7) is 2.06. The van der Waals surface area contributed by atoms with Crippen LogP contribution < -0.4 is 5.73 Å². The van der Waals surface area contributed by atoms with Crippen LogP contribution >= 0.6 is 0 Å². The number of amides is 1. The predicted molar refractivity (Wildman–Crippen MR) is 84.9 cm³/mol. The molecule has 0 spiro atoms. The molecule has 1 amide bonds. The molecule has 1 saturated carbocycles. The van der Waals surface area contributed by atoms with Gasteiger partial charge < -0.3 is 5.73 Å². The molecule has 21 heavy (non-hydrogen) atoms. The molecule has 3 nitrogen and oxygen atoms in total. The Hall–Kier alpha value is -1.35. The average Bonchev–Trinajstić information content (AvgIpc) is 2.56. The maximum atomic E-state index is 11.3. The highest BCUT2D eigenvalue weighted by atomic mass is 16.1. The molecule has 2 aliphatic rings. The monoisotopic (exact) mass is 286 g/mol. The minimum atomic E-state index is -0.113. The van der Waals surface area contributed by atoms with Gasteiger partial charge in [0.25, 0.3) is 0 Å². The summed E-state index contributed by atoms with van der Waals surface area (Å²) < 4.78 is 0. The lowest BCUT2D eigenvalue weighted by Crippen LogP contribution is -2.47. The zero-order valence-corrected chi connectivity index (χ0v) is 12.7. The van der Waals surface area contributed by atoms with Crippen molar-refractivity contribution in [3.8, 4) is 0 Å². The lowest BCUT2D eigenvalue weighted by molar-refractivity contribution is -0.123. The molecular weight excluding hydrogens is 260 g/mol. The summed E-state index contributed by atoms with van der Waals surface area (Å²) in [5.41, 5.74) is 6.94. The maximum absolute atomic E-state index is 11.3. The van der Waals surface area contributed by atoms with Crippen LogP contribution in [0.15, 0.2) is 30.3 Å². The van der Waals surface area contributed by atoms with E-state index in [2.05, 4.69) is 35.2 Å². The lowest BCUT2D eigenvalue weighted by Gasteiger charge is -2.43. The van der Waals surface area contributed by atoms with E-state index in [1.165, 1.54) is 31.2 Å². The van der Waals surface area contributed by atoms with Crippen LogP contribution in [0.2, 0.25) is 0 Å². The van der Waals surface area contributed by atoms with E-state index < -0.39 is 0 Å². The van der Waals surface area contributed by atoms with E-state index in [-0.39, 0.29) is 11.8 Å². The molecule has 0 radical (unpaired) electrons. The smallest absolute Gasteiger partial charge is 0.220 e. The van der Waals surface area contributed by atoms with Crippen molar-refractivity contribution < 1.29 is 4.79 Å². The van der Waals surface area contributed by atoms with Gasteiger partial charge in [-0.1, -0.05) is 43.2 Å². The van der Waals surface area contributed by atoms with Crippen molar-refractivity contribution in [2.45, 2.75) is 50.5 Å². The second-order valence-corrected chi connectivity index (χ2v) is 6.58. The maximum Gasteiger partial charge on any atom is 0.220 e. The number of carbonyl (C=O) groups is 1. The number of hydrogen-bond donors (Lipinski definition) is 1. The van der Waals surface area contributed by atoms with Gasteiger partial charge in [-0.05, 0) is 50.3 Å². The summed E-state index contributed by atoms with van der Waals surface area (Å²) in [5, 5.41) is 0. The van der Waals surface area contributed by atoms with E-state index in [9.17, 15) is 4.79 Å². The van der Waals surface area contributed by atoms with E-state index in [1.54, 1.807) is 0 Å². The molecule has 2 atom stereocenters. The summed E-state index contributed by atoms with van der Waals surface area (Å²) in [6.07, 6.45) is 7.14. The van der Waals surface area contributed by atoms with Gasteiger partial charge in [0.2, 0.25) is 5.91 Å². The zero-order valence-electron chi connectivity index (χ0n) is 12.7. The van der Waals surface area contributed by atoms with E-state index >= 15 is 0 Å². The fraction of sp³-hybridized carbons (Fsp3) is 0.611. The number of hydrogen-bond acceptors (Lipinski definition) is 2. The Kier molecular flexibility index (Phi) is 4.59. The fourth-order valence-electron chi connectivity index (χ4n) is 4.15. The highest BCUT2D eigenvalue weighted by Gasteiger charge is 2.34. The minimum Gasteiger partial charge on any atom is -0.369 e. The van der Waals surface area contributed by atoms with Crippen LogP contribution in [-0.2, 0) is 4.79 Å². The topological polar surface area (TPSA) is 46.3 Å². The average molecular weight is 286 g/mol. The number of piperidine rings is 1. The van der Waals surface area contributed by atoms with E-state index in [0.717, 1.165) is 25.9 Å². The van der Waals surface area contributed by atoms with Crippen LogP contribution in [-0.4, -0.2) is 29.9 Å². The molecule has 2 fully saturated rings. The van der Waals surface area contributed by atoms with E-state index in [1.807, 2.05) is 0 Å². The van der Waals surface area contributed by atoms with Crippen LogP contribution in [0.25, 0.3) is 0 Å². The molecular formula is C18H26N2O. The van der Waals surface area contributed by atoms with Gasteiger partial charge in [-0.25, -0.2) is 0 Å². The fourth-order valence-corrected chi connectivity index (χ4v) is 4.15. The second-order valence-electron chi connectivity index (χ2n) is 6.58. The summed E-state index contributed by atoms with van der Waals surface area (Å²) in [6, 6.07) is 11.6. The third-order valence-corrected chi connectivity index (χ3v) is 5.36. The number of rotatable bonds is 3. The van der Waals surface area contributed by atoms with Crippen LogP contribution in [0.3, 0.4) is 0 Å². The van der Waals surface area contributed by atoms with Gasteiger partial charge in [-0.3, -0.25) is 9.69 Å². The van der Waals surface area contributed by atoms with Gasteiger partial charge in [0.15, 0.2) is 0 Å². The molecule has 1 aromatic carbocycles. The van der Waals surface area contributed by atoms with Crippen LogP contribution in [0.4, 0.5) is 0 Å². The first-order valence-corrected chi connectivity index (χ1v) is 8.34. The number of primary amides is 1. The number of likely N-dealkylation sites (tertiary alicyclic amines) is 1.